The minimum absolute atomic E-state index is 0.281. The van der Waals surface area contributed by atoms with E-state index in [2.05, 4.69) is 37.3 Å². The van der Waals surface area contributed by atoms with Gasteiger partial charge in [-0.15, -0.1) is 11.3 Å². The molecule has 1 spiro atoms. The van der Waals surface area contributed by atoms with Crippen LogP contribution in [-0.2, 0) is 28.3 Å². The average Bonchev–Trinajstić information content (AvgIpc) is 3.42. The Morgan fingerprint density at radius 2 is 1.82 bits per heavy atom. The van der Waals surface area contributed by atoms with Gasteiger partial charge in [-0.3, -0.25) is 0 Å². The third kappa shape index (κ3) is 3.79. The van der Waals surface area contributed by atoms with E-state index in [1.54, 1.807) is 25.4 Å². The number of aliphatic hydroxyl groups is 3. The molecular formula is C26H28O6S. The molecule has 174 valence electrons. The molecule has 2 aliphatic rings. The van der Waals surface area contributed by atoms with Crippen molar-refractivity contribution >= 4 is 11.3 Å². The lowest BCUT2D eigenvalue weighted by molar-refractivity contribution is -0.362. The Bertz CT molecular complexity index is 1160. The van der Waals surface area contributed by atoms with Gasteiger partial charge in [0.25, 0.3) is 0 Å². The molecule has 0 aliphatic carbocycles. The Balaban J connectivity index is 1.44. The number of rotatable bonds is 4. The smallest absolute Gasteiger partial charge is 0.225 e. The Kier molecular flexibility index (Phi) is 5.81. The molecule has 33 heavy (non-hydrogen) atoms. The van der Waals surface area contributed by atoms with Crippen LogP contribution in [0.2, 0.25) is 0 Å². The van der Waals surface area contributed by atoms with Crippen LogP contribution < -0.4 is 4.74 Å². The van der Waals surface area contributed by atoms with Gasteiger partial charge in [0.1, 0.15) is 24.1 Å². The summed E-state index contributed by atoms with van der Waals surface area (Å²) in [5, 5.41) is 31.3. The van der Waals surface area contributed by atoms with Crippen molar-refractivity contribution < 1.29 is 29.5 Å². The number of aliphatic hydroxyl groups excluding tert-OH is 3. The molecule has 5 rings (SSSR count). The highest BCUT2D eigenvalue weighted by atomic mass is 32.1. The maximum absolute atomic E-state index is 10.8. The van der Waals surface area contributed by atoms with Crippen molar-refractivity contribution in [3.63, 3.8) is 0 Å². The van der Waals surface area contributed by atoms with Crippen LogP contribution in [0.25, 0.3) is 10.4 Å². The van der Waals surface area contributed by atoms with Gasteiger partial charge in [0.2, 0.25) is 5.79 Å². The Morgan fingerprint density at radius 3 is 2.55 bits per heavy atom. The van der Waals surface area contributed by atoms with Gasteiger partial charge in [-0.1, -0.05) is 6.07 Å². The normalized spacial score (nSPS) is 28.8. The van der Waals surface area contributed by atoms with Crippen molar-refractivity contribution in [2.24, 2.45) is 0 Å². The largest absolute Gasteiger partial charge is 0.497 e. The first kappa shape index (κ1) is 22.5. The summed E-state index contributed by atoms with van der Waals surface area (Å²) in [5.74, 6) is -0.640. The first-order chi connectivity index (χ1) is 15.8. The third-order valence-electron chi connectivity index (χ3n) is 6.68. The van der Waals surface area contributed by atoms with E-state index < -0.39 is 30.2 Å². The molecular weight excluding hydrogens is 440 g/mol. The Hall–Kier alpha value is -2.26. The molecule has 2 aliphatic heterocycles. The van der Waals surface area contributed by atoms with Crippen LogP contribution in [0.4, 0.5) is 0 Å². The lowest BCUT2D eigenvalue weighted by Crippen LogP contribution is -2.62. The lowest BCUT2D eigenvalue weighted by atomic mass is 9.86. The molecule has 1 fully saturated rings. The lowest BCUT2D eigenvalue weighted by Gasteiger charge is -2.45. The predicted molar refractivity (Wildman–Crippen MR) is 125 cm³/mol. The zero-order valence-corrected chi connectivity index (χ0v) is 19.6. The molecule has 0 radical (unpaired) electrons. The number of ether oxygens (including phenoxy) is 3. The Labute approximate surface area is 197 Å². The van der Waals surface area contributed by atoms with Crippen molar-refractivity contribution in [1.29, 1.82) is 0 Å². The highest BCUT2D eigenvalue weighted by molar-refractivity contribution is 7.15. The first-order valence-corrected chi connectivity index (χ1v) is 11.9. The number of thiophene rings is 1. The van der Waals surface area contributed by atoms with Crippen molar-refractivity contribution in [1.82, 2.24) is 0 Å². The van der Waals surface area contributed by atoms with E-state index in [-0.39, 0.29) is 6.61 Å². The number of hydrogen-bond donors (Lipinski definition) is 3. The van der Waals surface area contributed by atoms with E-state index in [0.29, 0.717) is 0 Å². The maximum atomic E-state index is 10.8. The van der Waals surface area contributed by atoms with Gasteiger partial charge in [0.15, 0.2) is 0 Å². The van der Waals surface area contributed by atoms with Crippen LogP contribution >= 0.6 is 11.3 Å². The summed E-state index contributed by atoms with van der Waals surface area (Å²) in [4.78, 5) is 2.40. The van der Waals surface area contributed by atoms with Crippen molar-refractivity contribution in [3.05, 3.63) is 75.7 Å². The number of benzene rings is 2. The van der Waals surface area contributed by atoms with Gasteiger partial charge < -0.3 is 29.5 Å². The zero-order valence-electron chi connectivity index (χ0n) is 18.8. The van der Waals surface area contributed by atoms with Crippen LogP contribution in [0.1, 0.15) is 34.1 Å². The minimum Gasteiger partial charge on any atom is -0.497 e. The molecule has 2 aromatic carbocycles. The number of hydrogen-bond acceptors (Lipinski definition) is 7. The summed E-state index contributed by atoms with van der Waals surface area (Å²) in [6.45, 7) is 4.02. The first-order valence-electron chi connectivity index (χ1n) is 11.0. The summed E-state index contributed by atoms with van der Waals surface area (Å²) in [7, 11) is 1.66. The van der Waals surface area contributed by atoms with E-state index in [4.69, 9.17) is 14.2 Å². The molecule has 1 saturated heterocycles. The van der Waals surface area contributed by atoms with E-state index in [0.717, 1.165) is 40.0 Å². The summed E-state index contributed by atoms with van der Waals surface area (Å²) in [6.07, 6.45) is -3.86. The third-order valence-corrected chi connectivity index (χ3v) is 7.82. The molecule has 1 aromatic heterocycles. The molecule has 0 amide bonds. The molecule has 0 unspecified atom stereocenters. The van der Waals surface area contributed by atoms with Crippen LogP contribution in [0.5, 0.6) is 5.75 Å². The molecule has 5 atom stereocenters. The number of aryl methyl sites for hydroxylation is 1. The standard InChI is InChI=1S/C26H28O6S/c1-14-10-18-13-31-26(25(29)24(28)23(27)15(2)32-26)21(18)12-17(14)11-20-8-9-22(33-20)16-4-6-19(30-3)7-5-16/h4-10,12,15,23-25,27-29H,11,13H2,1-3H3/t15-,23-,24+,25-,26+/m1/s1. The average molecular weight is 469 g/mol. The number of fused-ring (bicyclic) bond motifs is 2. The predicted octanol–water partition coefficient (Wildman–Crippen LogP) is 3.51. The van der Waals surface area contributed by atoms with Gasteiger partial charge in [-0.25, -0.2) is 0 Å². The Morgan fingerprint density at radius 1 is 1.06 bits per heavy atom. The van der Waals surface area contributed by atoms with E-state index in [1.807, 2.05) is 18.2 Å². The molecule has 0 saturated carbocycles. The fourth-order valence-corrected chi connectivity index (χ4v) is 5.76. The van der Waals surface area contributed by atoms with Crippen LogP contribution in [0, 0.1) is 6.92 Å². The monoisotopic (exact) mass is 468 g/mol. The van der Waals surface area contributed by atoms with Crippen LogP contribution in [0.15, 0.2) is 48.5 Å². The van der Waals surface area contributed by atoms with Crippen molar-refractivity contribution in [3.8, 4) is 16.2 Å². The van der Waals surface area contributed by atoms with Crippen LogP contribution in [0.3, 0.4) is 0 Å². The fourth-order valence-electron chi connectivity index (χ4n) is 4.73. The van der Waals surface area contributed by atoms with Gasteiger partial charge >= 0.3 is 0 Å². The van der Waals surface area contributed by atoms with Crippen molar-refractivity contribution in [2.45, 2.75) is 57.1 Å². The molecule has 6 nitrogen and oxygen atoms in total. The van der Waals surface area contributed by atoms with Gasteiger partial charge in [-0.05, 0) is 78.6 Å². The van der Waals surface area contributed by atoms with Crippen LogP contribution in [-0.4, -0.2) is 46.8 Å². The molecule has 3 N–H and O–H groups in total. The van der Waals surface area contributed by atoms with E-state index in [9.17, 15) is 15.3 Å². The highest BCUT2D eigenvalue weighted by Gasteiger charge is 2.57. The minimum atomic E-state index is -1.47. The zero-order chi connectivity index (χ0) is 23.3. The second kappa shape index (κ2) is 8.51. The summed E-state index contributed by atoms with van der Waals surface area (Å²) in [6, 6.07) is 16.4. The summed E-state index contributed by atoms with van der Waals surface area (Å²) >= 11 is 1.74. The summed E-state index contributed by atoms with van der Waals surface area (Å²) in [5.41, 5.74) is 5.03. The topological polar surface area (TPSA) is 88.4 Å². The van der Waals surface area contributed by atoms with E-state index in [1.165, 1.54) is 9.75 Å². The second-order valence-electron chi connectivity index (χ2n) is 8.81. The maximum Gasteiger partial charge on any atom is 0.225 e. The molecule has 0 bridgehead atoms. The van der Waals surface area contributed by atoms with Crippen molar-refractivity contribution in [2.75, 3.05) is 7.11 Å². The van der Waals surface area contributed by atoms with Gasteiger partial charge in [-0.2, -0.15) is 0 Å². The van der Waals surface area contributed by atoms with Gasteiger partial charge in [0, 0.05) is 21.7 Å². The van der Waals surface area contributed by atoms with Gasteiger partial charge in [0.05, 0.1) is 19.8 Å². The summed E-state index contributed by atoms with van der Waals surface area (Å²) < 4.78 is 17.2. The fraction of sp³-hybridized carbons (Fsp3) is 0.385. The molecule has 3 heterocycles. The quantitative estimate of drug-likeness (QED) is 0.543. The van der Waals surface area contributed by atoms with E-state index >= 15 is 0 Å². The number of methoxy groups -OCH3 is 1. The molecule has 7 heteroatoms. The second-order valence-corrected chi connectivity index (χ2v) is 9.98. The SMILES string of the molecule is COc1ccc(-c2ccc(Cc3cc4c(cc3C)CO[C@]43O[C@H](C)[C@@H](O)[C@H](O)[C@H]3O)s2)cc1. The highest BCUT2D eigenvalue weighted by Crippen LogP contribution is 2.46. The molecule has 3 aromatic rings.